The number of hydrogen-bond acceptors (Lipinski definition) is 4. The van der Waals surface area contributed by atoms with E-state index in [0.29, 0.717) is 32.5 Å². The number of benzene rings is 4. The molecule has 8 heteroatoms. The molecule has 0 aromatic heterocycles. The first-order valence-corrected chi connectivity index (χ1v) is 15.0. The average Bonchev–Trinajstić information content (AvgIpc) is 3.05. The molecule has 1 atom stereocenters. The summed E-state index contributed by atoms with van der Waals surface area (Å²) in [5.74, 6) is 0. The molecule has 4 aromatic rings. The lowest BCUT2D eigenvalue weighted by Crippen LogP contribution is -2.50. The summed E-state index contributed by atoms with van der Waals surface area (Å²) in [6.07, 6.45) is 1.02. The Kier molecular flexibility index (Phi) is 12.3. The molecule has 1 fully saturated rings. The quantitative estimate of drug-likeness (QED) is 0.202. The van der Waals surface area contributed by atoms with Crippen LogP contribution in [0.5, 0.6) is 0 Å². The van der Waals surface area contributed by atoms with Crippen LogP contribution in [0, 0.1) is 0 Å². The summed E-state index contributed by atoms with van der Waals surface area (Å²) in [5, 5.41) is 3.03. The van der Waals surface area contributed by atoms with Crippen molar-refractivity contribution in [3.8, 4) is 0 Å². The second-order valence-corrected chi connectivity index (χ2v) is 11.0. The Balaban J connectivity index is 0.00000442. The molecule has 0 radical (unpaired) electrons. The largest absolute Gasteiger partial charge is 0.448 e. The molecule has 1 saturated heterocycles. The van der Waals surface area contributed by atoms with Crippen molar-refractivity contribution in [3.05, 3.63) is 132 Å². The highest BCUT2D eigenvalue weighted by Gasteiger charge is 2.31. The molecule has 1 aliphatic heterocycles. The van der Waals surface area contributed by atoms with E-state index in [0.717, 1.165) is 24.5 Å². The van der Waals surface area contributed by atoms with Crippen molar-refractivity contribution in [2.45, 2.75) is 44.9 Å². The molecule has 7 nitrogen and oxygen atoms in total. The topological polar surface area (TPSA) is 65.1 Å². The number of rotatable bonds is 10. The molecule has 0 spiro atoms. The molecule has 5 rings (SSSR count). The van der Waals surface area contributed by atoms with Crippen LogP contribution in [-0.4, -0.2) is 53.7 Å². The highest BCUT2D eigenvalue weighted by atomic mass is 32.1. The van der Waals surface area contributed by atoms with E-state index < -0.39 is 0 Å². The second kappa shape index (κ2) is 16.5. The summed E-state index contributed by atoms with van der Waals surface area (Å²) in [5.41, 5.74) is 4.02. The van der Waals surface area contributed by atoms with Gasteiger partial charge in [-0.3, -0.25) is 9.80 Å². The van der Waals surface area contributed by atoms with E-state index in [1.807, 2.05) is 77.7 Å². The molecule has 1 heterocycles. The van der Waals surface area contributed by atoms with Crippen molar-refractivity contribution in [3.63, 3.8) is 0 Å². The molecule has 4 aromatic carbocycles. The van der Waals surface area contributed by atoms with Crippen LogP contribution in [0.4, 0.5) is 21.0 Å². The van der Waals surface area contributed by atoms with Crippen molar-refractivity contribution in [2.75, 3.05) is 29.9 Å². The van der Waals surface area contributed by atoms with Crippen LogP contribution >= 0.6 is 13.5 Å². The second-order valence-electron chi connectivity index (χ2n) is 11.0. The van der Waals surface area contributed by atoms with Crippen molar-refractivity contribution >= 4 is 37.0 Å². The first-order valence-electron chi connectivity index (χ1n) is 15.0. The Morgan fingerprint density at radius 2 is 1.25 bits per heavy atom. The van der Waals surface area contributed by atoms with E-state index in [1.165, 1.54) is 11.1 Å². The van der Waals surface area contributed by atoms with E-state index >= 15 is 0 Å². The summed E-state index contributed by atoms with van der Waals surface area (Å²) in [6.45, 7) is 4.98. The molecular weight excluding hydrogens is 568 g/mol. The summed E-state index contributed by atoms with van der Waals surface area (Å²) >= 11 is 0. The van der Waals surface area contributed by atoms with Gasteiger partial charge in [-0.05, 0) is 55.2 Å². The van der Waals surface area contributed by atoms with Crippen molar-refractivity contribution in [1.29, 1.82) is 0 Å². The third-order valence-electron chi connectivity index (χ3n) is 7.89. The highest BCUT2D eigenvalue weighted by molar-refractivity contribution is 7.59. The van der Waals surface area contributed by atoms with Gasteiger partial charge in [0.05, 0.1) is 0 Å². The molecule has 230 valence electrons. The molecule has 0 bridgehead atoms. The van der Waals surface area contributed by atoms with Crippen molar-refractivity contribution in [1.82, 2.24) is 9.80 Å². The number of carbonyl (C=O) groups is 2. The number of nitrogens with zero attached hydrogens (tertiary/aromatic N) is 3. The first-order chi connectivity index (χ1) is 21.1. The summed E-state index contributed by atoms with van der Waals surface area (Å²) in [7, 11) is 0. The number of amides is 3. The number of carbonyl (C=O) groups excluding carboxylic acids is 2. The third-order valence-corrected chi connectivity index (χ3v) is 7.89. The fourth-order valence-corrected chi connectivity index (χ4v) is 5.49. The maximum absolute atomic E-state index is 13.4. The zero-order valence-electron chi connectivity index (χ0n) is 25.2. The predicted molar refractivity (Wildman–Crippen MR) is 182 cm³/mol. The van der Waals surface area contributed by atoms with Crippen molar-refractivity contribution in [2.24, 2.45) is 0 Å². The predicted octanol–water partition coefficient (Wildman–Crippen LogP) is 7.53. The zero-order chi connectivity index (χ0) is 29.9. The highest BCUT2D eigenvalue weighted by Crippen LogP contribution is 2.25. The Morgan fingerprint density at radius 1 is 0.773 bits per heavy atom. The molecule has 0 saturated carbocycles. The van der Waals surface area contributed by atoms with Gasteiger partial charge in [0.1, 0.15) is 6.61 Å². The SMILES string of the molecule is C[C@@H](COC(=O)N1CCC(N(C(=O)Nc2ccccc2)c2ccccc2)CC1)N(Cc1ccccc1)Cc1ccccc1.S. The molecule has 3 amide bonds. The summed E-state index contributed by atoms with van der Waals surface area (Å²) < 4.78 is 5.86. The number of likely N-dealkylation sites (tertiary alicyclic amines) is 1. The van der Waals surface area contributed by atoms with Gasteiger partial charge < -0.3 is 15.0 Å². The minimum atomic E-state index is -0.301. The van der Waals surface area contributed by atoms with Crippen LogP contribution in [0.3, 0.4) is 0 Å². The van der Waals surface area contributed by atoms with Gasteiger partial charge in [0.25, 0.3) is 0 Å². The van der Waals surface area contributed by atoms with Gasteiger partial charge in [-0.1, -0.05) is 97.1 Å². The van der Waals surface area contributed by atoms with E-state index in [2.05, 4.69) is 65.7 Å². The van der Waals surface area contributed by atoms with Crippen molar-refractivity contribution < 1.29 is 14.3 Å². The summed E-state index contributed by atoms with van der Waals surface area (Å²) in [4.78, 5) is 32.5. The van der Waals surface area contributed by atoms with Gasteiger partial charge in [-0.25, -0.2) is 9.59 Å². The first kappa shape index (κ1) is 32.6. The van der Waals surface area contributed by atoms with Gasteiger partial charge in [0, 0.05) is 49.6 Å². The van der Waals surface area contributed by atoms with Gasteiger partial charge >= 0.3 is 12.1 Å². The van der Waals surface area contributed by atoms with Crippen LogP contribution in [0.15, 0.2) is 121 Å². The minimum absolute atomic E-state index is 0. The van der Waals surface area contributed by atoms with E-state index in [-0.39, 0.29) is 37.7 Å². The van der Waals surface area contributed by atoms with Gasteiger partial charge in [-0.2, -0.15) is 13.5 Å². The van der Waals surface area contributed by atoms with Gasteiger partial charge in [0.2, 0.25) is 0 Å². The van der Waals surface area contributed by atoms with E-state index in [9.17, 15) is 9.59 Å². The lowest BCUT2D eigenvalue weighted by molar-refractivity contribution is 0.0590. The van der Waals surface area contributed by atoms with E-state index in [1.54, 1.807) is 4.90 Å². The monoisotopic (exact) mass is 610 g/mol. The van der Waals surface area contributed by atoms with Crippen LogP contribution in [0.25, 0.3) is 0 Å². The Morgan fingerprint density at radius 3 is 1.77 bits per heavy atom. The number of anilines is 2. The number of urea groups is 1. The fraction of sp³-hybridized carbons (Fsp3) is 0.278. The lowest BCUT2D eigenvalue weighted by atomic mass is 10.0. The Hall–Kier alpha value is -4.27. The maximum Gasteiger partial charge on any atom is 0.409 e. The molecule has 1 N–H and O–H groups in total. The average molecular weight is 611 g/mol. The normalized spacial score (nSPS) is 13.9. The van der Waals surface area contributed by atoms with Gasteiger partial charge in [0.15, 0.2) is 0 Å². The van der Waals surface area contributed by atoms with Crippen LogP contribution in [0.2, 0.25) is 0 Å². The maximum atomic E-state index is 13.4. The molecule has 0 aliphatic carbocycles. The smallest absolute Gasteiger partial charge is 0.409 e. The zero-order valence-corrected chi connectivity index (χ0v) is 26.2. The van der Waals surface area contributed by atoms with Crippen LogP contribution < -0.4 is 10.2 Å². The lowest BCUT2D eigenvalue weighted by Gasteiger charge is -2.38. The minimum Gasteiger partial charge on any atom is -0.448 e. The number of piperidine rings is 1. The third kappa shape index (κ3) is 9.11. The van der Waals surface area contributed by atoms with Gasteiger partial charge in [-0.15, -0.1) is 0 Å². The number of para-hydroxylation sites is 2. The van der Waals surface area contributed by atoms with E-state index in [4.69, 9.17) is 4.74 Å². The standard InChI is InChI=1S/C36H40N4O3.H2S/c1-29(39(26-30-14-6-2-7-15-30)27-31-16-8-3-9-17-31)28-43-36(42)38-24-22-34(23-25-38)40(33-20-12-5-13-21-33)35(41)37-32-18-10-4-11-19-32;/h2-21,29,34H,22-28H2,1H3,(H,37,41);1H2/t29-;/m0./s1. The molecule has 44 heavy (non-hydrogen) atoms. The number of nitrogens with one attached hydrogen (secondary N) is 1. The number of hydrogen-bond donors (Lipinski definition) is 1. The summed E-state index contributed by atoms with van der Waals surface area (Å²) in [6, 6.07) is 39.7. The Bertz CT molecular complexity index is 1380. The molecule has 1 aliphatic rings. The molecular formula is C36H42N4O3S. The number of ether oxygens (including phenoxy) is 1. The fourth-order valence-electron chi connectivity index (χ4n) is 5.49. The molecule has 0 unspecified atom stereocenters. The Labute approximate surface area is 267 Å². The van der Waals surface area contributed by atoms with Crippen LogP contribution in [-0.2, 0) is 17.8 Å². The van der Waals surface area contributed by atoms with Crippen LogP contribution in [0.1, 0.15) is 30.9 Å².